The molecular formula is C16H17FO4S. The third kappa shape index (κ3) is 4.82. The number of ether oxygens (including phenoxy) is 1. The zero-order chi connectivity index (χ0) is 16.0. The van der Waals surface area contributed by atoms with Gasteiger partial charge in [0.25, 0.3) is 10.1 Å². The summed E-state index contributed by atoms with van der Waals surface area (Å²) >= 11 is 0. The quantitative estimate of drug-likeness (QED) is 0.579. The zero-order valence-corrected chi connectivity index (χ0v) is 13.0. The second-order valence-electron chi connectivity index (χ2n) is 4.75. The van der Waals surface area contributed by atoms with Crippen LogP contribution in [0.5, 0.6) is 5.75 Å². The number of benzene rings is 2. The van der Waals surface area contributed by atoms with Crippen molar-refractivity contribution in [2.24, 2.45) is 0 Å². The molecule has 0 amide bonds. The lowest BCUT2D eigenvalue weighted by molar-refractivity contribution is 0.250. The predicted molar refractivity (Wildman–Crippen MR) is 80.8 cm³/mol. The number of hydrogen-bond acceptors (Lipinski definition) is 4. The van der Waals surface area contributed by atoms with Crippen LogP contribution in [0.1, 0.15) is 12.0 Å². The molecule has 2 rings (SSSR count). The second-order valence-corrected chi connectivity index (χ2v) is 6.36. The first-order chi connectivity index (χ1) is 10.5. The van der Waals surface area contributed by atoms with E-state index in [1.807, 2.05) is 6.92 Å². The molecule has 2 aromatic rings. The molecule has 0 atom stereocenters. The van der Waals surface area contributed by atoms with Crippen LogP contribution in [0.4, 0.5) is 4.39 Å². The van der Waals surface area contributed by atoms with Gasteiger partial charge in [-0.2, -0.15) is 8.42 Å². The highest BCUT2D eigenvalue weighted by Gasteiger charge is 2.14. The van der Waals surface area contributed by atoms with Crippen molar-refractivity contribution >= 4 is 10.1 Å². The van der Waals surface area contributed by atoms with Gasteiger partial charge < -0.3 is 4.74 Å². The maximum Gasteiger partial charge on any atom is 0.296 e. The minimum absolute atomic E-state index is 0.0252. The van der Waals surface area contributed by atoms with Crippen LogP contribution in [0.15, 0.2) is 53.4 Å². The van der Waals surface area contributed by atoms with Gasteiger partial charge in [0.15, 0.2) is 0 Å². The Morgan fingerprint density at radius 3 is 2.23 bits per heavy atom. The topological polar surface area (TPSA) is 52.6 Å². The Kier molecular flexibility index (Phi) is 5.51. The summed E-state index contributed by atoms with van der Waals surface area (Å²) < 4.78 is 46.8. The first-order valence-electron chi connectivity index (χ1n) is 6.82. The number of hydrogen-bond donors (Lipinski definition) is 0. The maximum absolute atomic E-state index is 12.7. The van der Waals surface area contributed by atoms with Crippen LogP contribution in [-0.4, -0.2) is 21.6 Å². The predicted octanol–water partition coefficient (Wildman–Crippen LogP) is 3.31. The van der Waals surface area contributed by atoms with Crippen LogP contribution in [-0.2, 0) is 14.3 Å². The average molecular weight is 324 g/mol. The van der Waals surface area contributed by atoms with Gasteiger partial charge in [0.2, 0.25) is 0 Å². The molecular weight excluding hydrogens is 307 g/mol. The van der Waals surface area contributed by atoms with E-state index in [2.05, 4.69) is 0 Å². The molecule has 0 unspecified atom stereocenters. The molecule has 6 heteroatoms. The van der Waals surface area contributed by atoms with Crippen molar-refractivity contribution in [1.29, 1.82) is 0 Å². The standard InChI is InChI=1S/C16H17FO4S/c1-13-3-9-16(10-4-13)22(18,19)21-12-2-11-20-15-7-5-14(17)6-8-15/h3-10H,2,11-12H2,1H3. The molecule has 2 aromatic carbocycles. The molecule has 0 aromatic heterocycles. The van der Waals surface area contributed by atoms with Crippen LogP contribution in [0, 0.1) is 12.7 Å². The summed E-state index contributed by atoms with van der Waals surface area (Å²) in [5.74, 6) is 0.197. The molecule has 0 aliphatic heterocycles. The molecule has 0 bridgehead atoms. The minimum atomic E-state index is -3.73. The fourth-order valence-electron chi connectivity index (χ4n) is 1.72. The van der Waals surface area contributed by atoms with Gasteiger partial charge in [0.05, 0.1) is 18.1 Å². The van der Waals surface area contributed by atoms with Crippen molar-refractivity contribution in [3.8, 4) is 5.75 Å². The van der Waals surface area contributed by atoms with E-state index >= 15 is 0 Å². The molecule has 0 saturated carbocycles. The van der Waals surface area contributed by atoms with Crippen molar-refractivity contribution in [3.63, 3.8) is 0 Å². The van der Waals surface area contributed by atoms with Crippen molar-refractivity contribution in [1.82, 2.24) is 0 Å². The first-order valence-corrected chi connectivity index (χ1v) is 8.23. The van der Waals surface area contributed by atoms with Crippen LogP contribution in [0.3, 0.4) is 0 Å². The van der Waals surface area contributed by atoms with Crippen LogP contribution < -0.4 is 4.74 Å². The summed E-state index contributed by atoms with van der Waals surface area (Å²) in [7, 11) is -3.73. The summed E-state index contributed by atoms with van der Waals surface area (Å²) in [6.07, 6.45) is 0.405. The Labute approximate surface area is 129 Å². The monoisotopic (exact) mass is 324 g/mol. The molecule has 118 valence electrons. The fourth-order valence-corrected chi connectivity index (χ4v) is 2.66. The van der Waals surface area contributed by atoms with E-state index < -0.39 is 10.1 Å². The van der Waals surface area contributed by atoms with Crippen molar-refractivity contribution in [2.45, 2.75) is 18.2 Å². The van der Waals surface area contributed by atoms with Gasteiger partial charge in [-0.25, -0.2) is 4.39 Å². The van der Waals surface area contributed by atoms with E-state index in [4.69, 9.17) is 8.92 Å². The molecule has 0 aliphatic carbocycles. The van der Waals surface area contributed by atoms with Crippen LogP contribution in [0.2, 0.25) is 0 Å². The van der Waals surface area contributed by atoms with E-state index in [-0.39, 0.29) is 23.9 Å². The van der Waals surface area contributed by atoms with Crippen molar-refractivity contribution in [2.75, 3.05) is 13.2 Å². The molecule has 0 aliphatic rings. The highest BCUT2D eigenvalue weighted by molar-refractivity contribution is 7.86. The lowest BCUT2D eigenvalue weighted by Crippen LogP contribution is -2.10. The Balaban J connectivity index is 1.76. The maximum atomic E-state index is 12.7. The van der Waals surface area contributed by atoms with Crippen molar-refractivity contribution < 1.29 is 21.7 Å². The van der Waals surface area contributed by atoms with Crippen LogP contribution >= 0.6 is 0 Å². The number of rotatable bonds is 7. The molecule has 0 spiro atoms. The van der Waals surface area contributed by atoms with E-state index in [1.165, 1.54) is 36.4 Å². The van der Waals surface area contributed by atoms with E-state index in [9.17, 15) is 12.8 Å². The van der Waals surface area contributed by atoms with E-state index in [1.54, 1.807) is 12.1 Å². The van der Waals surface area contributed by atoms with Gasteiger partial charge in [-0.1, -0.05) is 17.7 Å². The SMILES string of the molecule is Cc1ccc(S(=O)(=O)OCCCOc2ccc(F)cc2)cc1. The minimum Gasteiger partial charge on any atom is -0.494 e. The first kappa shape index (κ1) is 16.5. The third-order valence-corrected chi connectivity index (χ3v) is 4.25. The molecule has 0 saturated heterocycles. The van der Waals surface area contributed by atoms with Crippen LogP contribution in [0.25, 0.3) is 0 Å². The fraction of sp³-hybridized carbons (Fsp3) is 0.250. The summed E-state index contributed by atoms with van der Waals surface area (Å²) in [6.45, 7) is 2.19. The summed E-state index contributed by atoms with van der Waals surface area (Å²) in [5.41, 5.74) is 0.978. The Bertz CT molecular complexity index is 694. The van der Waals surface area contributed by atoms with E-state index in [0.29, 0.717) is 12.2 Å². The third-order valence-electron chi connectivity index (χ3n) is 2.92. The molecule has 22 heavy (non-hydrogen) atoms. The second kappa shape index (κ2) is 7.38. The Hall–Kier alpha value is -1.92. The van der Waals surface area contributed by atoms with Gasteiger partial charge in [-0.15, -0.1) is 0 Å². The van der Waals surface area contributed by atoms with Crippen molar-refractivity contribution in [3.05, 3.63) is 59.9 Å². The smallest absolute Gasteiger partial charge is 0.296 e. The Morgan fingerprint density at radius 1 is 0.955 bits per heavy atom. The molecule has 0 heterocycles. The molecule has 0 fully saturated rings. The summed E-state index contributed by atoms with van der Waals surface area (Å²) in [5, 5.41) is 0. The Morgan fingerprint density at radius 2 is 1.59 bits per heavy atom. The highest BCUT2D eigenvalue weighted by atomic mass is 32.2. The van der Waals surface area contributed by atoms with Gasteiger partial charge in [0.1, 0.15) is 11.6 Å². The largest absolute Gasteiger partial charge is 0.494 e. The molecule has 4 nitrogen and oxygen atoms in total. The zero-order valence-electron chi connectivity index (χ0n) is 12.2. The lowest BCUT2D eigenvalue weighted by Gasteiger charge is -2.07. The normalized spacial score (nSPS) is 11.4. The summed E-state index contributed by atoms with van der Waals surface area (Å²) in [4.78, 5) is 0.137. The van der Waals surface area contributed by atoms with Gasteiger partial charge >= 0.3 is 0 Å². The average Bonchev–Trinajstić information content (AvgIpc) is 2.49. The number of aryl methyl sites for hydroxylation is 1. The number of halogens is 1. The molecule has 0 N–H and O–H groups in total. The highest BCUT2D eigenvalue weighted by Crippen LogP contribution is 2.14. The van der Waals surface area contributed by atoms with Gasteiger partial charge in [0, 0.05) is 6.42 Å². The summed E-state index contributed by atoms with van der Waals surface area (Å²) in [6, 6.07) is 12.1. The lowest BCUT2D eigenvalue weighted by atomic mass is 10.2. The molecule has 0 radical (unpaired) electrons. The van der Waals surface area contributed by atoms with Gasteiger partial charge in [-0.05, 0) is 43.3 Å². The van der Waals surface area contributed by atoms with Gasteiger partial charge in [-0.3, -0.25) is 4.18 Å². The van der Waals surface area contributed by atoms with E-state index in [0.717, 1.165) is 5.56 Å².